The molecule has 8 nitrogen and oxygen atoms in total. The molecule has 138 valence electrons. The average molecular weight is 373 g/mol. The fourth-order valence-corrected chi connectivity index (χ4v) is 3.72. The van der Waals surface area contributed by atoms with E-state index in [-0.39, 0.29) is 0 Å². The van der Waals surface area contributed by atoms with Gasteiger partial charge in [-0.25, -0.2) is 5.43 Å². The van der Waals surface area contributed by atoms with Gasteiger partial charge < -0.3 is 14.5 Å². The monoisotopic (exact) mass is 373 g/mol. The van der Waals surface area contributed by atoms with Crippen molar-refractivity contribution in [1.82, 2.24) is 15.0 Å². The first kappa shape index (κ1) is 17.2. The molecular formula is C17H23N7OS. The van der Waals surface area contributed by atoms with Crippen molar-refractivity contribution in [3.05, 3.63) is 22.4 Å². The molecule has 0 saturated carbocycles. The van der Waals surface area contributed by atoms with Crippen LogP contribution in [0.15, 0.2) is 22.6 Å². The van der Waals surface area contributed by atoms with Crippen LogP contribution < -0.4 is 15.2 Å². The van der Waals surface area contributed by atoms with Crippen LogP contribution in [0.25, 0.3) is 0 Å². The summed E-state index contributed by atoms with van der Waals surface area (Å²) in [5.74, 6) is 1.90. The zero-order valence-corrected chi connectivity index (χ0v) is 15.7. The van der Waals surface area contributed by atoms with Gasteiger partial charge in [-0.2, -0.15) is 20.1 Å². The summed E-state index contributed by atoms with van der Waals surface area (Å²) in [7, 11) is 0. The maximum atomic E-state index is 5.44. The first-order valence-electron chi connectivity index (χ1n) is 8.97. The Hall–Kier alpha value is -2.26. The molecular weight excluding hydrogens is 350 g/mol. The summed E-state index contributed by atoms with van der Waals surface area (Å²) in [5, 5.41) is 6.49. The van der Waals surface area contributed by atoms with Gasteiger partial charge in [-0.3, -0.25) is 0 Å². The fraction of sp³-hybridized carbons (Fsp3) is 0.529. The zero-order valence-electron chi connectivity index (χ0n) is 14.9. The van der Waals surface area contributed by atoms with E-state index in [2.05, 4.69) is 30.3 Å². The number of rotatable bonds is 5. The summed E-state index contributed by atoms with van der Waals surface area (Å²) in [6.07, 6.45) is 2.36. The van der Waals surface area contributed by atoms with Gasteiger partial charge in [0.1, 0.15) is 0 Å². The summed E-state index contributed by atoms with van der Waals surface area (Å²) in [6, 6.07) is 4.07. The lowest BCUT2D eigenvalue weighted by Gasteiger charge is -2.27. The van der Waals surface area contributed by atoms with Crippen LogP contribution in [0.3, 0.4) is 0 Å². The molecule has 0 bridgehead atoms. The molecule has 1 N–H and O–H groups in total. The quantitative estimate of drug-likeness (QED) is 0.636. The normalized spacial score (nSPS) is 18.4. The second-order valence-electron chi connectivity index (χ2n) is 6.34. The number of hydrogen-bond donors (Lipinski definition) is 1. The number of nitrogens with zero attached hydrogens (tertiary/aromatic N) is 6. The number of ether oxygens (including phenoxy) is 1. The topological polar surface area (TPSA) is 78.8 Å². The van der Waals surface area contributed by atoms with Gasteiger partial charge in [0, 0.05) is 31.1 Å². The lowest BCUT2D eigenvalue weighted by atomic mass is 10.3. The van der Waals surface area contributed by atoms with Gasteiger partial charge in [0.2, 0.25) is 17.8 Å². The predicted octanol–water partition coefficient (Wildman–Crippen LogP) is 2.21. The van der Waals surface area contributed by atoms with E-state index in [1.165, 1.54) is 12.8 Å². The fourth-order valence-electron chi connectivity index (χ4n) is 3.04. The summed E-state index contributed by atoms with van der Waals surface area (Å²) in [6.45, 7) is 6.93. The summed E-state index contributed by atoms with van der Waals surface area (Å²) in [5.41, 5.74) is 3.94. The van der Waals surface area contributed by atoms with Gasteiger partial charge >= 0.3 is 0 Å². The molecule has 4 heterocycles. The highest BCUT2D eigenvalue weighted by Crippen LogP contribution is 2.21. The molecule has 0 aliphatic carbocycles. The number of anilines is 3. The minimum absolute atomic E-state index is 0.485. The number of hydrazone groups is 1. The van der Waals surface area contributed by atoms with E-state index in [0.717, 1.165) is 42.7 Å². The molecule has 26 heavy (non-hydrogen) atoms. The third kappa shape index (κ3) is 3.94. The summed E-state index contributed by atoms with van der Waals surface area (Å²) < 4.78 is 5.44. The second kappa shape index (κ2) is 7.96. The molecule has 0 atom stereocenters. The summed E-state index contributed by atoms with van der Waals surface area (Å²) >= 11 is 1.66. The molecule has 4 rings (SSSR count). The number of morpholine rings is 1. The number of aromatic nitrogens is 3. The van der Waals surface area contributed by atoms with Gasteiger partial charge in [-0.15, -0.1) is 11.3 Å². The minimum Gasteiger partial charge on any atom is -0.378 e. The third-order valence-electron chi connectivity index (χ3n) is 4.50. The van der Waals surface area contributed by atoms with Crippen molar-refractivity contribution in [2.75, 3.05) is 54.6 Å². The molecule has 0 unspecified atom stereocenters. The zero-order chi connectivity index (χ0) is 17.8. The van der Waals surface area contributed by atoms with E-state index >= 15 is 0 Å². The smallest absolute Gasteiger partial charge is 0.250 e. The van der Waals surface area contributed by atoms with Crippen LogP contribution in [-0.2, 0) is 4.74 Å². The average Bonchev–Trinajstić information content (AvgIpc) is 3.40. The van der Waals surface area contributed by atoms with Crippen LogP contribution in [0.2, 0.25) is 0 Å². The van der Waals surface area contributed by atoms with Crippen molar-refractivity contribution >= 4 is 34.9 Å². The first-order chi connectivity index (χ1) is 12.8. The van der Waals surface area contributed by atoms with E-state index in [4.69, 9.17) is 9.72 Å². The Bertz CT molecular complexity index is 752. The largest absolute Gasteiger partial charge is 0.378 e. The van der Waals surface area contributed by atoms with Crippen LogP contribution in [0.4, 0.5) is 17.8 Å². The van der Waals surface area contributed by atoms with Crippen molar-refractivity contribution in [2.45, 2.75) is 19.8 Å². The third-order valence-corrected chi connectivity index (χ3v) is 5.47. The molecule has 2 saturated heterocycles. The second-order valence-corrected chi connectivity index (χ2v) is 7.29. The highest BCUT2D eigenvalue weighted by Gasteiger charge is 2.21. The maximum absolute atomic E-state index is 5.44. The van der Waals surface area contributed by atoms with E-state index in [1.54, 1.807) is 11.3 Å². The molecule has 2 aromatic rings. The van der Waals surface area contributed by atoms with Crippen molar-refractivity contribution < 1.29 is 4.74 Å². The lowest BCUT2D eigenvalue weighted by molar-refractivity contribution is 0.122. The minimum atomic E-state index is 0.485. The standard InChI is InChI=1S/C17H23N7OS/c1-13(14-5-4-12-26-14)21-22-15-18-16(23-6-2-3-7-23)20-17(19-15)24-8-10-25-11-9-24/h4-5,12H,2-3,6-11H2,1H3,(H,18,19,20,22). The van der Waals surface area contributed by atoms with Gasteiger partial charge in [-0.1, -0.05) is 6.07 Å². The molecule has 2 fully saturated rings. The number of thiophene rings is 1. The highest BCUT2D eigenvalue weighted by atomic mass is 32.1. The molecule has 2 aromatic heterocycles. The Morgan fingerprint density at radius 3 is 2.42 bits per heavy atom. The van der Waals surface area contributed by atoms with E-state index < -0.39 is 0 Å². The highest BCUT2D eigenvalue weighted by molar-refractivity contribution is 7.12. The number of nitrogens with one attached hydrogen (secondary N) is 1. The molecule has 0 aromatic carbocycles. The Kier molecular flexibility index (Phi) is 5.26. The Balaban J connectivity index is 1.59. The maximum Gasteiger partial charge on any atom is 0.250 e. The molecule has 2 aliphatic heterocycles. The molecule has 9 heteroatoms. The molecule has 2 aliphatic rings. The van der Waals surface area contributed by atoms with E-state index in [1.807, 2.05) is 24.4 Å². The van der Waals surface area contributed by atoms with Crippen LogP contribution >= 0.6 is 11.3 Å². The van der Waals surface area contributed by atoms with Crippen molar-refractivity contribution in [3.8, 4) is 0 Å². The van der Waals surface area contributed by atoms with Crippen molar-refractivity contribution in [3.63, 3.8) is 0 Å². The first-order valence-corrected chi connectivity index (χ1v) is 9.85. The van der Waals surface area contributed by atoms with Crippen molar-refractivity contribution in [1.29, 1.82) is 0 Å². The Labute approximate surface area is 156 Å². The molecule has 0 spiro atoms. The van der Waals surface area contributed by atoms with Gasteiger partial charge in [0.25, 0.3) is 0 Å². The molecule has 0 radical (unpaired) electrons. The predicted molar refractivity (Wildman–Crippen MR) is 104 cm³/mol. The van der Waals surface area contributed by atoms with Crippen LogP contribution in [0.1, 0.15) is 24.6 Å². The van der Waals surface area contributed by atoms with Crippen molar-refractivity contribution in [2.24, 2.45) is 5.10 Å². The van der Waals surface area contributed by atoms with Crippen LogP contribution in [-0.4, -0.2) is 60.1 Å². The summed E-state index contributed by atoms with van der Waals surface area (Å²) in [4.78, 5) is 19.4. The van der Waals surface area contributed by atoms with Gasteiger partial charge in [-0.05, 0) is 31.2 Å². The van der Waals surface area contributed by atoms with E-state index in [0.29, 0.717) is 25.1 Å². The lowest BCUT2D eigenvalue weighted by Crippen LogP contribution is -2.38. The van der Waals surface area contributed by atoms with Crippen LogP contribution in [0.5, 0.6) is 0 Å². The van der Waals surface area contributed by atoms with Gasteiger partial charge in [0.15, 0.2) is 0 Å². The Morgan fingerprint density at radius 1 is 1.08 bits per heavy atom. The Morgan fingerprint density at radius 2 is 1.77 bits per heavy atom. The van der Waals surface area contributed by atoms with Crippen LogP contribution in [0, 0.1) is 0 Å². The number of hydrogen-bond acceptors (Lipinski definition) is 9. The SMILES string of the molecule is CC(=NNc1nc(N2CCCC2)nc(N2CCOCC2)n1)c1cccs1. The van der Waals surface area contributed by atoms with E-state index in [9.17, 15) is 0 Å². The van der Waals surface area contributed by atoms with Gasteiger partial charge in [0.05, 0.1) is 18.9 Å². The molecule has 0 amide bonds.